The number of esters is 2. The van der Waals surface area contributed by atoms with Crippen molar-refractivity contribution in [1.29, 1.82) is 0 Å². The van der Waals surface area contributed by atoms with Crippen molar-refractivity contribution in [1.82, 2.24) is 0 Å². The van der Waals surface area contributed by atoms with Crippen LogP contribution < -0.4 is 0 Å². The molecule has 0 heterocycles. The van der Waals surface area contributed by atoms with Crippen LogP contribution in [-0.2, 0) is 24.5 Å². The Balaban J connectivity index is 2.34. The quantitative estimate of drug-likeness (QED) is 0.220. The predicted octanol–water partition coefficient (Wildman–Crippen LogP) is 7.30. The molecule has 4 nitrogen and oxygen atoms in total. The second-order valence-electron chi connectivity index (χ2n) is 11.6. The van der Waals surface area contributed by atoms with E-state index in [9.17, 15) is 14.0 Å². The molecule has 3 rings (SSSR count). The number of hydrogen-bond donors (Lipinski definition) is 0. The number of carbonyl (C=O) groups excluding carboxylic acids is 2. The van der Waals surface area contributed by atoms with Gasteiger partial charge >= 0.3 is 11.9 Å². The summed E-state index contributed by atoms with van der Waals surface area (Å²) in [6.07, 6.45) is -0.0982. The lowest BCUT2D eigenvalue weighted by Gasteiger charge is -2.43. The third-order valence-electron chi connectivity index (χ3n) is 6.35. The van der Waals surface area contributed by atoms with Crippen molar-refractivity contribution >= 4 is 11.9 Å². The Morgan fingerprint density at radius 2 is 0.974 bits per heavy atom. The second-order valence-corrected chi connectivity index (χ2v) is 11.6. The van der Waals surface area contributed by atoms with E-state index >= 15 is 0 Å². The molecule has 5 heteroatoms. The number of rotatable bonds is 9. The monoisotopic (exact) mass is 518 g/mol. The minimum atomic E-state index is -1.15. The van der Waals surface area contributed by atoms with E-state index < -0.39 is 47.1 Å². The zero-order valence-electron chi connectivity index (χ0n) is 23.2. The number of alkyl halides is 1. The number of halogens is 1. The van der Waals surface area contributed by atoms with Gasteiger partial charge in [0.15, 0.2) is 0 Å². The third-order valence-corrected chi connectivity index (χ3v) is 6.35. The van der Waals surface area contributed by atoms with Gasteiger partial charge in [0.2, 0.25) is 0 Å². The van der Waals surface area contributed by atoms with Gasteiger partial charge in [0.05, 0.1) is 17.3 Å². The maximum absolute atomic E-state index is 14.6. The van der Waals surface area contributed by atoms with Crippen molar-refractivity contribution in [2.45, 2.75) is 64.6 Å². The molecule has 38 heavy (non-hydrogen) atoms. The van der Waals surface area contributed by atoms with Gasteiger partial charge < -0.3 is 9.47 Å². The first-order valence-corrected chi connectivity index (χ1v) is 13.1. The van der Waals surface area contributed by atoms with Gasteiger partial charge in [0.1, 0.15) is 17.9 Å². The number of hydrogen-bond acceptors (Lipinski definition) is 4. The maximum atomic E-state index is 14.6. The lowest BCUT2D eigenvalue weighted by molar-refractivity contribution is -0.166. The van der Waals surface area contributed by atoms with E-state index in [1.807, 2.05) is 91.0 Å². The van der Waals surface area contributed by atoms with E-state index in [2.05, 4.69) is 0 Å². The summed E-state index contributed by atoms with van der Waals surface area (Å²) in [4.78, 5) is 27.3. The minimum Gasteiger partial charge on any atom is -0.460 e. The molecule has 3 aromatic rings. The topological polar surface area (TPSA) is 52.6 Å². The van der Waals surface area contributed by atoms with Gasteiger partial charge in [-0.05, 0) is 64.7 Å². The van der Waals surface area contributed by atoms with Gasteiger partial charge in [0.25, 0.3) is 0 Å². The molecule has 0 bridgehead atoms. The Hall–Kier alpha value is -3.47. The normalized spacial score (nSPS) is 13.9. The van der Waals surface area contributed by atoms with Crippen LogP contribution in [0.25, 0.3) is 0 Å². The van der Waals surface area contributed by atoms with E-state index in [0.29, 0.717) is 0 Å². The minimum absolute atomic E-state index is 0.0982. The van der Waals surface area contributed by atoms with E-state index in [-0.39, 0.29) is 6.42 Å². The molecular weight excluding hydrogens is 479 g/mol. The molecule has 202 valence electrons. The Bertz CT molecular complexity index is 1080. The second kappa shape index (κ2) is 11.9. The molecule has 0 spiro atoms. The van der Waals surface area contributed by atoms with E-state index in [1.54, 1.807) is 41.5 Å². The fraction of sp³-hybridized carbons (Fsp3) is 0.394. The van der Waals surface area contributed by atoms with Crippen LogP contribution in [0.4, 0.5) is 4.39 Å². The van der Waals surface area contributed by atoms with Crippen LogP contribution in [0.3, 0.4) is 0 Å². The van der Waals surface area contributed by atoms with E-state index in [4.69, 9.17) is 9.47 Å². The summed E-state index contributed by atoms with van der Waals surface area (Å²) in [5, 5.41) is 0. The smallest absolute Gasteiger partial charge is 0.312 e. The molecule has 0 N–H and O–H groups in total. The fourth-order valence-electron chi connectivity index (χ4n) is 4.92. The lowest BCUT2D eigenvalue weighted by Crippen LogP contribution is -2.46. The number of carbonyl (C=O) groups is 2. The molecule has 2 unspecified atom stereocenters. The first-order chi connectivity index (χ1) is 17.9. The Morgan fingerprint density at radius 1 is 0.632 bits per heavy atom. The van der Waals surface area contributed by atoms with Gasteiger partial charge in [-0.1, -0.05) is 91.0 Å². The predicted molar refractivity (Wildman–Crippen MR) is 148 cm³/mol. The third kappa shape index (κ3) is 6.89. The molecule has 0 aliphatic rings. The molecule has 0 aliphatic heterocycles. The van der Waals surface area contributed by atoms with Crippen LogP contribution in [0.5, 0.6) is 0 Å². The molecule has 2 atom stereocenters. The number of ether oxygens (including phenoxy) is 2. The summed E-state index contributed by atoms with van der Waals surface area (Å²) in [5.41, 5.74) is -0.120. The fourth-order valence-corrected chi connectivity index (χ4v) is 4.92. The van der Waals surface area contributed by atoms with Crippen molar-refractivity contribution in [3.8, 4) is 0 Å². The molecule has 0 amide bonds. The summed E-state index contributed by atoms with van der Waals surface area (Å²) >= 11 is 0. The van der Waals surface area contributed by atoms with Crippen LogP contribution in [0.1, 0.15) is 64.7 Å². The van der Waals surface area contributed by atoms with E-state index in [0.717, 1.165) is 16.7 Å². The van der Waals surface area contributed by atoms with Gasteiger partial charge in [0, 0.05) is 0 Å². The van der Waals surface area contributed by atoms with Crippen molar-refractivity contribution < 1.29 is 23.5 Å². The molecule has 3 aromatic carbocycles. The van der Waals surface area contributed by atoms with Crippen LogP contribution >= 0.6 is 0 Å². The highest BCUT2D eigenvalue weighted by Gasteiger charge is 2.50. The average molecular weight is 519 g/mol. The summed E-state index contributed by atoms with van der Waals surface area (Å²) in [5.74, 6) is -3.27. The highest BCUT2D eigenvalue weighted by atomic mass is 19.1. The Labute approximate surface area is 226 Å². The van der Waals surface area contributed by atoms with Crippen LogP contribution in [0.15, 0.2) is 91.0 Å². The lowest BCUT2D eigenvalue weighted by atomic mass is 9.60. The molecule has 0 radical (unpaired) electrons. The van der Waals surface area contributed by atoms with Crippen molar-refractivity contribution in [3.63, 3.8) is 0 Å². The Kier molecular flexibility index (Phi) is 9.14. The SMILES string of the molecule is CC(C)(C)OC(=O)C(CF)CC(C(=O)OC(C)(C)C)C(c1ccccc1)(c1ccccc1)c1ccccc1. The molecule has 0 fully saturated rings. The number of benzene rings is 3. The van der Waals surface area contributed by atoms with Gasteiger partial charge in [-0.3, -0.25) is 14.0 Å². The van der Waals surface area contributed by atoms with Gasteiger partial charge in [-0.15, -0.1) is 0 Å². The van der Waals surface area contributed by atoms with Crippen LogP contribution in [-0.4, -0.2) is 29.8 Å². The summed E-state index contributed by atoms with van der Waals surface area (Å²) in [6.45, 7) is 9.69. The average Bonchev–Trinajstić information content (AvgIpc) is 2.86. The highest BCUT2D eigenvalue weighted by molar-refractivity contribution is 5.80. The molecule has 0 saturated heterocycles. The first-order valence-electron chi connectivity index (χ1n) is 13.1. The maximum Gasteiger partial charge on any atom is 0.312 e. The highest BCUT2D eigenvalue weighted by Crippen LogP contribution is 2.48. The Morgan fingerprint density at radius 3 is 1.29 bits per heavy atom. The zero-order chi connectivity index (χ0) is 28.0. The summed E-state index contributed by atoms with van der Waals surface area (Å²) in [7, 11) is 0. The zero-order valence-corrected chi connectivity index (χ0v) is 23.2. The molecule has 0 aromatic heterocycles. The van der Waals surface area contributed by atoms with Crippen molar-refractivity contribution in [2.75, 3.05) is 6.67 Å². The van der Waals surface area contributed by atoms with Gasteiger partial charge in [-0.2, -0.15) is 0 Å². The molecule has 0 aliphatic carbocycles. The standard InChI is InChI=1S/C33H39FO4/c1-31(2,3)37-29(35)24(23-34)22-28(30(36)38-32(4,5)6)33(25-16-10-7-11-17-25,26-18-12-8-13-19-26)27-20-14-9-15-21-27/h7-21,24,28H,22-23H2,1-6H3. The van der Waals surface area contributed by atoms with Crippen LogP contribution in [0.2, 0.25) is 0 Å². The first kappa shape index (κ1) is 29.1. The van der Waals surface area contributed by atoms with Gasteiger partial charge in [-0.25, -0.2) is 0 Å². The van der Waals surface area contributed by atoms with Crippen LogP contribution in [0, 0.1) is 11.8 Å². The van der Waals surface area contributed by atoms with Crippen molar-refractivity contribution in [3.05, 3.63) is 108 Å². The van der Waals surface area contributed by atoms with E-state index in [1.165, 1.54) is 0 Å². The molecule has 0 saturated carbocycles. The van der Waals surface area contributed by atoms with Crippen molar-refractivity contribution in [2.24, 2.45) is 11.8 Å². The molecular formula is C33H39FO4. The summed E-state index contributed by atoms with van der Waals surface area (Å²) < 4.78 is 26.1. The summed E-state index contributed by atoms with van der Waals surface area (Å²) in [6, 6.07) is 29.1. The largest absolute Gasteiger partial charge is 0.460 e.